The molecule has 2 aromatic rings. The van der Waals surface area contributed by atoms with Crippen LogP contribution in [0.2, 0.25) is 0 Å². The lowest BCUT2D eigenvalue weighted by molar-refractivity contribution is 0.511. The van der Waals surface area contributed by atoms with Crippen LogP contribution in [0.15, 0.2) is 24.4 Å². The van der Waals surface area contributed by atoms with Gasteiger partial charge >= 0.3 is 0 Å². The van der Waals surface area contributed by atoms with E-state index < -0.39 is 11.6 Å². The maximum absolute atomic E-state index is 13.5. The molecule has 1 aromatic heterocycles. The molecule has 0 saturated heterocycles. The van der Waals surface area contributed by atoms with Crippen molar-refractivity contribution in [3.63, 3.8) is 0 Å². The van der Waals surface area contributed by atoms with Crippen LogP contribution in [0.3, 0.4) is 0 Å². The van der Waals surface area contributed by atoms with Gasteiger partial charge in [-0.25, -0.2) is 8.78 Å². The number of rotatable bonds is 4. The number of halogens is 2. The Morgan fingerprint density at radius 1 is 1.32 bits per heavy atom. The molecular weight excluding hydrogens is 248 g/mol. The Bertz CT molecular complexity index is 576. The van der Waals surface area contributed by atoms with Crippen LogP contribution in [-0.4, -0.2) is 9.78 Å². The number of hydrogen-bond acceptors (Lipinski definition) is 2. The third kappa shape index (κ3) is 2.92. The van der Waals surface area contributed by atoms with E-state index in [0.29, 0.717) is 6.54 Å². The van der Waals surface area contributed by atoms with Gasteiger partial charge in [0, 0.05) is 25.4 Å². The summed E-state index contributed by atoms with van der Waals surface area (Å²) in [6.45, 7) is 4.52. The van der Waals surface area contributed by atoms with E-state index in [1.165, 1.54) is 12.1 Å². The zero-order chi connectivity index (χ0) is 14.0. The number of anilines is 1. The molecule has 5 heteroatoms. The van der Waals surface area contributed by atoms with E-state index in [0.717, 1.165) is 17.3 Å². The molecule has 0 aliphatic heterocycles. The van der Waals surface area contributed by atoms with Crippen molar-refractivity contribution in [1.82, 2.24) is 9.78 Å². The molecule has 0 aliphatic rings. The van der Waals surface area contributed by atoms with E-state index in [4.69, 9.17) is 0 Å². The molecule has 0 aliphatic carbocycles. The largest absolute Gasteiger partial charge is 0.378 e. The van der Waals surface area contributed by atoms with Crippen LogP contribution < -0.4 is 5.32 Å². The monoisotopic (exact) mass is 265 g/mol. The first-order valence-corrected chi connectivity index (χ1v) is 6.19. The summed E-state index contributed by atoms with van der Waals surface area (Å²) in [4.78, 5) is 0. The summed E-state index contributed by atoms with van der Waals surface area (Å²) in [5.74, 6) is -1.41. The molecule has 0 saturated carbocycles. The fraction of sp³-hybridized carbons (Fsp3) is 0.357. The molecule has 0 radical (unpaired) electrons. The highest BCUT2D eigenvalue weighted by Crippen LogP contribution is 2.21. The van der Waals surface area contributed by atoms with Crippen LogP contribution in [0.4, 0.5) is 14.5 Å². The fourth-order valence-electron chi connectivity index (χ4n) is 2.01. The van der Waals surface area contributed by atoms with Crippen LogP contribution in [0.5, 0.6) is 0 Å². The average molecular weight is 265 g/mol. The zero-order valence-corrected chi connectivity index (χ0v) is 11.2. The normalized spacial score (nSPS) is 11.1. The van der Waals surface area contributed by atoms with E-state index in [1.54, 1.807) is 4.68 Å². The van der Waals surface area contributed by atoms with Gasteiger partial charge in [-0.1, -0.05) is 19.9 Å². The maximum Gasteiger partial charge on any atom is 0.181 e. The number of aromatic nitrogens is 2. The van der Waals surface area contributed by atoms with Gasteiger partial charge in [0.2, 0.25) is 0 Å². The Morgan fingerprint density at radius 2 is 2.05 bits per heavy atom. The standard InChI is InChI=1S/C14H17F2N3/c1-9(2)14-10(8-19(3)18-14)7-17-12-6-4-5-11(15)13(12)16/h4-6,8-9,17H,7H2,1-3H3. The minimum atomic E-state index is -0.850. The summed E-state index contributed by atoms with van der Waals surface area (Å²) in [5, 5.41) is 7.28. The van der Waals surface area contributed by atoms with Crippen LogP contribution in [-0.2, 0) is 13.6 Å². The van der Waals surface area contributed by atoms with Crippen LogP contribution in [0, 0.1) is 11.6 Å². The second-order valence-electron chi connectivity index (χ2n) is 4.82. The highest BCUT2D eigenvalue weighted by atomic mass is 19.2. The first-order chi connectivity index (χ1) is 8.99. The van der Waals surface area contributed by atoms with Gasteiger partial charge < -0.3 is 5.32 Å². The lowest BCUT2D eigenvalue weighted by Gasteiger charge is -2.09. The predicted molar refractivity (Wildman–Crippen MR) is 71.0 cm³/mol. The predicted octanol–water partition coefficient (Wildman–Crippen LogP) is 3.43. The Morgan fingerprint density at radius 3 is 2.74 bits per heavy atom. The second kappa shape index (κ2) is 5.38. The molecule has 0 spiro atoms. The lowest BCUT2D eigenvalue weighted by atomic mass is 10.1. The van der Waals surface area contributed by atoms with Gasteiger partial charge in [0.05, 0.1) is 11.4 Å². The topological polar surface area (TPSA) is 29.9 Å². The van der Waals surface area contributed by atoms with E-state index in [9.17, 15) is 8.78 Å². The molecule has 0 bridgehead atoms. The first kappa shape index (κ1) is 13.5. The minimum Gasteiger partial charge on any atom is -0.378 e. The Kier molecular flexibility index (Phi) is 3.83. The Hall–Kier alpha value is -1.91. The first-order valence-electron chi connectivity index (χ1n) is 6.19. The third-order valence-electron chi connectivity index (χ3n) is 2.90. The van der Waals surface area contributed by atoms with Gasteiger partial charge in [-0.05, 0) is 18.1 Å². The van der Waals surface area contributed by atoms with Gasteiger partial charge in [-0.3, -0.25) is 4.68 Å². The molecule has 3 nitrogen and oxygen atoms in total. The van der Waals surface area contributed by atoms with Crippen molar-refractivity contribution < 1.29 is 8.78 Å². The Labute approximate surface area is 111 Å². The molecule has 0 fully saturated rings. The number of nitrogens with one attached hydrogen (secondary N) is 1. The van der Waals surface area contributed by atoms with E-state index in [1.807, 2.05) is 13.2 Å². The molecule has 1 N–H and O–H groups in total. The number of benzene rings is 1. The molecular formula is C14H17F2N3. The van der Waals surface area contributed by atoms with E-state index >= 15 is 0 Å². The molecule has 1 aromatic carbocycles. The molecule has 0 amide bonds. The van der Waals surface area contributed by atoms with Gasteiger partial charge in [-0.2, -0.15) is 5.10 Å². The SMILES string of the molecule is CC(C)c1nn(C)cc1CNc1cccc(F)c1F. The summed E-state index contributed by atoms with van der Waals surface area (Å²) in [7, 11) is 1.85. The van der Waals surface area contributed by atoms with Crippen molar-refractivity contribution in [3.8, 4) is 0 Å². The van der Waals surface area contributed by atoms with Crippen molar-refractivity contribution in [3.05, 3.63) is 47.3 Å². The number of aryl methyl sites for hydroxylation is 1. The van der Waals surface area contributed by atoms with Gasteiger partial charge in [-0.15, -0.1) is 0 Å². The van der Waals surface area contributed by atoms with Gasteiger partial charge in [0.1, 0.15) is 0 Å². The lowest BCUT2D eigenvalue weighted by Crippen LogP contribution is -2.04. The highest BCUT2D eigenvalue weighted by molar-refractivity contribution is 5.45. The summed E-state index contributed by atoms with van der Waals surface area (Å²) < 4.78 is 28.3. The molecule has 19 heavy (non-hydrogen) atoms. The van der Waals surface area contributed by atoms with Gasteiger partial charge in [0.15, 0.2) is 11.6 Å². The molecule has 102 valence electrons. The maximum atomic E-state index is 13.5. The molecule has 1 heterocycles. The van der Waals surface area contributed by atoms with Crippen molar-refractivity contribution >= 4 is 5.69 Å². The summed E-state index contributed by atoms with van der Waals surface area (Å²) in [6, 6.07) is 4.10. The smallest absolute Gasteiger partial charge is 0.181 e. The van der Waals surface area contributed by atoms with E-state index in [2.05, 4.69) is 24.3 Å². The summed E-state index contributed by atoms with van der Waals surface area (Å²) in [6.07, 6.45) is 1.89. The van der Waals surface area contributed by atoms with Gasteiger partial charge in [0.25, 0.3) is 0 Å². The molecule has 0 atom stereocenters. The minimum absolute atomic E-state index is 0.165. The zero-order valence-electron chi connectivity index (χ0n) is 11.2. The quantitative estimate of drug-likeness (QED) is 0.917. The third-order valence-corrected chi connectivity index (χ3v) is 2.90. The second-order valence-corrected chi connectivity index (χ2v) is 4.82. The highest BCUT2D eigenvalue weighted by Gasteiger charge is 2.12. The fourth-order valence-corrected chi connectivity index (χ4v) is 2.01. The number of nitrogens with zero attached hydrogens (tertiary/aromatic N) is 2. The number of hydrogen-bond donors (Lipinski definition) is 1. The summed E-state index contributed by atoms with van der Waals surface area (Å²) in [5.41, 5.74) is 2.12. The molecule has 2 rings (SSSR count). The van der Waals surface area contributed by atoms with Crippen molar-refractivity contribution in [2.45, 2.75) is 26.3 Å². The van der Waals surface area contributed by atoms with Crippen LogP contribution in [0.25, 0.3) is 0 Å². The van der Waals surface area contributed by atoms with Crippen molar-refractivity contribution in [2.24, 2.45) is 7.05 Å². The van der Waals surface area contributed by atoms with Crippen LogP contribution >= 0.6 is 0 Å². The van der Waals surface area contributed by atoms with Crippen LogP contribution in [0.1, 0.15) is 31.0 Å². The van der Waals surface area contributed by atoms with E-state index in [-0.39, 0.29) is 11.6 Å². The average Bonchev–Trinajstić information content (AvgIpc) is 2.73. The van der Waals surface area contributed by atoms with Crippen molar-refractivity contribution in [2.75, 3.05) is 5.32 Å². The molecule has 0 unspecified atom stereocenters. The van der Waals surface area contributed by atoms with Crippen molar-refractivity contribution in [1.29, 1.82) is 0 Å². The Balaban J connectivity index is 2.17. The summed E-state index contributed by atoms with van der Waals surface area (Å²) >= 11 is 0.